The molecule has 1 aromatic carbocycles. The third kappa shape index (κ3) is 4.99. The summed E-state index contributed by atoms with van der Waals surface area (Å²) in [6.45, 7) is 0.834. The number of aromatic nitrogens is 2. The van der Waals surface area contributed by atoms with Crippen LogP contribution in [0.25, 0.3) is 22.0 Å². The Hall–Kier alpha value is -4.18. The van der Waals surface area contributed by atoms with Gasteiger partial charge in [0.1, 0.15) is 30.1 Å². The Balaban J connectivity index is 1.37. The first-order valence-electron chi connectivity index (χ1n) is 13.1. The minimum atomic E-state index is -4.54. The van der Waals surface area contributed by atoms with Gasteiger partial charge in [-0.3, -0.25) is 4.79 Å². The first-order valence-corrected chi connectivity index (χ1v) is 13.1. The molecule has 7 nitrogen and oxygen atoms in total. The summed E-state index contributed by atoms with van der Waals surface area (Å²) in [6.07, 6.45) is -2.27. The van der Waals surface area contributed by atoms with Gasteiger partial charge in [-0.15, -0.1) is 0 Å². The zero-order chi connectivity index (χ0) is 27.3. The average Bonchev–Trinajstić information content (AvgIpc) is 3.84. The van der Waals surface area contributed by atoms with Crippen LogP contribution in [0, 0.1) is 28.6 Å². The number of alkyl halides is 3. The summed E-state index contributed by atoms with van der Waals surface area (Å²) >= 11 is 0. The van der Waals surface area contributed by atoms with E-state index in [1.54, 1.807) is 6.07 Å². The Morgan fingerprint density at radius 3 is 2.46 bits per heavy atom. The number of hydrogen-bond donors (Lipinski definition) is 0. The van der Waals surface area contributed by atoms with Crippen molar-refractivity contribution < 1.29 is 18.0 Å². The van der Waals surface area contributed by atoms with Gasteiger partial charge in [-0.05, 0) is 61.4 Å². The van der Waals surface area contributed by atoms with E-state index in [1.165, 1.54) is 4.90 Å². The van der Waals surface area contributed by atoms with Gasteiger partial charge >= 0.3 is 6.18 Å². The first kappa shape index (κ1) is 25.1. The standard InChI is InChI=1S/C29H25F3N6O/c30-29(31,32)13-26(39)38-11-10-37(16-25(38)17-4-5-17)28-19(14-33)12-23(27(36-28)18-6-7-18)21-2-1-3-24-22(21)9-8-20(15-34)35-24/h1-3,8-9,12,17-18,25H,4-7,10-11,13,16H2/t25-/m0/s1. The maximum absolute atomic E-state index is 13.0. The average molecular weight is 531 g/mol. The molecule has 39 heavy (non-hydrogen) atoms. The summed E-state index contributed by atoms with van der Waals surface area (Å²) in [4.78, 5) is 25.3. The Morgan fingerprint density at radius 2 is 1.79 bits per heavy atom. The van der Waals surface area contributed by atoms with Crippen molar-refractivity contribution in [1.29, 1.82) is 10.5 Å². The summed E-state index contributed by atoms with van der Waals surface area (Å²) < 4.78 is 38.9. The number of fused-ring (bicyclic) bond motifs is 1. The number of piperazine rings is 1. The van der Waals surface area contributed by atoms with Crippen LogP contribution in [0.3, 0.4) is 0 Å². The molecule has 3 aromatic rings. The van der Waals surface area contributed by atoms with E-state index in [0.717, 1.165) is 47.9 Å². The molecule has 0 bridgehead atoms. The predicted molar refractivity (Wildman–Crippen MR) is 137 cm³/mol. The van der Waals surface area contributed by atoms with Gasteiger partial charge in [0.25, 0.3) is 0 Å². The summed E-state index contributed by atoms with van der Waals surface area (Å²) in [7, 11) is 0. The van der Waals surface area contributed by atoms with Crippen LogP contribution >= 0.6 is 0 Å². The fourth-order valence-corrected chi connectivity index (χ4v) is 5.65. The van der Waals surface area contributed by atoms with Gasteiger partial charge in [-0.25, -0.2) is 9.97 Å². The van der Waals surface area contributed by atoms with E-state index in [9.17, 15) is 28.5 Å². The molecule has 0 spiro atoms. The van der Waals surface area contributed by atoms with E-state index in [4.69, 9.17) is 4.98 Å². The summed E-state index contributed by atoms with van der Waals surface area (Å²) in [5.41, 5.74) is 4.03. The fourth-order valence-electron chi connectivity index (χ4n) is 5.65. The van der Waals surface area contributed by atoms with Crippen molar-refractivity contribution in [3.8, 4) is 23.3 Å². The number of halogens is 3. The molecule has 1 atom stereocenters. The second-order valence-electron chi connectivity index (χ2n) is 10.6. The topological polar surface area (TPSA) is 96.9 Å². The van der Waals surface area contributed by atoms with Gasteiger partial charge < -0.3 is 9.80 Å². The van der Waals surface area contributed by atoms with Crippen molar-refractivity contribution in [2.45, 2.75) is 50.2 Å². The molecule has 6 rings (SSSR count). The Kier molecular flexibility index (Phi) is 6.14. The van der Waals surface area contributed by atoms with Crippen LogP contribution in [0.5, 0.6) is 0 Å². The van der Waals surface area contributed by atoms with E-state index in [0.29, 0.717) is 35.7 Å². The second-order valence-corrected chi connectivity index (χ2v) is 10.6. The maximum atomic E-state index is 13.0. The van der Waals surface area contributed by atoms with Crippen molar-refractivity contribution in [3.63, 3.8) is 0 Å². The molecule has 3 aliphatic rings. The summed E-state index contributed by atoms with van der Waals surface area (Å²) in [5.74, 6) is 0.0636. The molecule has 1 amide bonds. The molecular formula is C29H25F3N6O. The molecule has 0 radical (unpaired) electrons. The van der Waals surface area contributed by atoms with Crippen LogP contribution < -0.4 is 4.90 Å². The van der Waals surface area contributed by atoms with Gasteiger partial charge in [-0.2, -0.15) is 23.7 Å². The highest BCUT2D eigenvalue weighted by atomic mass is 19.4. The largest absolute Gasteiger partial charge is 0.397 e. The number of hydrogen-bond acceptors (Lipinski definition) is 6. The highest BCUT2D eigenvalue weighted by Gasteiger charge is 2.44. The van der Waals surface area contributed by atoms with Crippen molar-refractivity contribution in [2.75, 3.05) is 24.5 Å². The number of benzene rings is 1. The molecule has 2 aliphatic carbocycles. The summed E-state index contributed by atoms with van der Waals surface area (Å²) in [6, 6.07) is 15.1. The smallest absolute Gasteiger partial charge is 0.352 e. The number of nitriles is 2. The third-order valence-electron chi connectivity index (χ3n) is 7.81. The van der Waals surface area contributed by atoms with E-state index < -0.39 is 18.5 Å². The lowest BCUT2D eigenvalue weighted by Crippen LogP contribution is -2.57. The highest BCUT2D eigenvalue weighted by molar-refractivity contribution is 5.96. The molecule has 3 fully saturated rings. The van der Waals surface area contributed by atoms with Crippen molar-refractivity contribution in [2.24, 2.45) is 5.92 Å². The molecular weight excluding hydrogens is 505 g/mol. The second kappa shape index (κ2) is 9.53. The van der Waals surface area contributed by atoms with Crippen LogP contribution in [0.4, 0.5) is 19.0 Å². The maximum Gasteiger partial charge on any atom is 0.397 e. The molecule has 10 heteroatoms. The molecule has 3 heterocycles. The van der Waals surface area contributed by atoms with E-state index in [-0.39, 0.29) is 24.4 Å². The third-order valence-corrected chi connectivity index (χ3v) is 7.81. The van der Waals surface area contributed by atoms with Gasteiger partial charge in [0.05, 0.1) is 22.8 Å². The number of carbonyl (C=O) groups excluding carboxylic acids is 1. The van der Waals surface area contributed by atoms with Gasteiger partial charge in [-0.1, -0.05) is 12.1 Å². The molecule has 2 saturated carbocycles. The van der Waals surface area contributed by atoms with Crippen LogP contribution in [-0.4, -0.2) is 52.6 Å². The van der Waals surface area contributed by atoms with Gasteiger partial charge in [0.2, 0.25) is 5.91 Å². The monoisotopic (exact) mass is 530 g/mol. The van der Waals surface area contributed by atoms with Crippen molar-refractivity contribution >= 4 is 22.6 Å². The Morgan fingerprint density at radius 1 is 1.00 bits per heavy atom. The van der Waals surface area contributed by atoms with Crippen LogP contribution in [0.15, 0.2) is 36.4 Å². The van der Waals surface area contributed by atoms with E-state index in [2.05, 4.69) is 17.1 Å². The number of nitrogens with zero attached hydrogens (tertiary/aromatic N) is 6. The van der Waals surface area contributed by atoms with E-state index >= 15 is 0 Å². The number of anilines is 1. The summed E-state index contributed by atoms with van der Waals surface area (Å²) in [5, 5.41) is 20.3. The SMILES string of the molecule is N#Cc1ccc2c(-c3cc(C#N)c(N4CCN(C(=O)CC(F)(F)F)[C@H](C5CC5)C4)nc3C3CC3)cccc2n1. The van der Waals surface area contributed by atoms with Crippen LogP contribution in [0.1, 0.15) is 55.0 Å². The lowest BCUT2D eigenvalue weighted by Gasteiger charge is -2.42. The lowest BCUT2D eigenvalue weighted by atomic mass is 9.95. The zero-order valence-corrected chi connectivity index (χ0v) is 21.1. The molecule has 0 N–H and O–H groups in total. The van der Waals surface area contributed by atoms with Crippen LogP contribution in [0.2, 0.25) is 0 Å². The number of amides is 1. The fraction of sp³-hybridized carbons (Fsp3) is 0.414. The van der Waals surface area contributed by atoms with Gasteiger partial charge in [0, 0.05) is 36.5 Å². The minimum Gasteiger partial charge on any atom is -0.352 e. The van der Waals surface area contributed by atoms with E-state index in [1.807, 2.05) is 35.2 Å². The predicted octanol–water partition coefficient (Wildman–Crippen LogP) is 5.30. The number of rotatable bonds is 5. The van der Waals surface area contributed by atoms with Gasteiger partial charge in [0.15, 0.2) is 0 Å². The molecule has 1 aliphatic heterocycles. The quantitative estimate of drug-likeness (QED) is 0.444. The minimum absolute atomic E-state index is 0.166. The molecule has 2 aromatic heterocycles. The molecule has 0 unspecified atom stereocenters. The Labute approximate surface area is 223 Å². The zero-order valence-electron chi connectivity index (χ0n) is 21.1. The first-order chi connectivity index (χ1) is 18.8. The highest BCUT2D eigenvalue weighted by Crippen LogP contribution is 2.46. The molecule has 198 valence electrons. The van der Waals surface area contributed by atoms with Crippen LogP contribution in [-0.2, 0) is 4.79 Å². The Bertz CT molecular complexity index is 1550. The van der Waals surface area contributed by atoms with Crippen molar-refractivity contribution in [3.05, 3.63) is 53.3 Å². The lowest BCUT2D eigenvalue weighted by molar-refractivity contribution is -0.163. The normalized spacial score (nSPS) is 19.6. The molecule has 1 saturated heterocycles. The number of pyridine rings is 2. The number of carbonyl (C=O) groups is 1. The van der Waals surface area contributed by atoms with Crippen molar-refractivity contribution in [1.82, 2.24) is 14.9 Å².